The molecule has 5 heteroatoms. The number of aromatic nitrogens is 1. The van der Waals surface area contributed by atoms with Crippen LogP contribution in [0.1, 0.15) is 16.5 Å². The number of ether oxygens (including phenoxy) is 2. The van der Waals surface area contributed by atoms with E-state index in [0.717, 1.165) is 25.4 Å². The highest BCUT2D eigenvalue weighted by Gasteiger charge is 2.38. The first kappa shape index (κ1) is 12.3. The van der Waals surface area contributed by atoms with Crippen LogP contribution in [-0.4, -0.2) is 35.7 Å². The molecule has 2 aliphatic rings. The lowest BCUT2D eigenvalue weighted by Gasteiger charge is -2.43. The number of benzene rings is 1. The number of fused-ring (bicyclic) bond motifs is 3. The van der Waals surface area contributed by atoms with E-state index >= 15 is 0 Å². The molecule has 1 saturated heterocycles. The summed E-state index contributed by atoms with van der Waals surface area (Å²) >= 11 is 1.71. The topological polar surface area (TPSA) is 34.6 Å². The van der Waals surface area contributed by atoms with Crippen molar-refractivity contribution in [3.8, 4) is 5.75 Å². The third-order valence-corrected chi connectivity index (χ3v) is 4.74. The van der Waals surface area contributed by atoms with Gasteiger partial charge >= 0.3 is 0 Å². The lowest BCUT2D eigenvalue weighted by atomic mass is 9.96. The average molecular weight is 288 g/mol. The van der Waals surface area contributed by atoms with E-state index < -0.39 is 0 Å². The number of thiazole rings is 1. The molecule has 2 atom stereocenters. The quantitative estimate of drug-likeness (QED) is 0.850. The normalized spacial score (nSPS) is 25.6. The number of nitrogens with zero attached hydrogens (tertiary/aromatic N) is 2. The molecular weight excluding hydrogens is 272 g/mol. The van der Waals surface area contributed by atoms with E-state index in [1.165, 1.54) is 10.4 Å². The molecule has 4 nitrogen and oxygen atoms in total. The minimum atomic E-state index is 0.127. The van der Waals surface area contributed by atoms with Crippen LogP contribution >= 0.6 is 11.3 Å². The smallest absolute Gasteiger partial charge is 0.125 e. The molecule has 0 bridgehead atoms. The molecule has 0 saturated carbocycles. The first-order chi connectivity index (χ1) is 9.92. The van der Waals surface area contributed by atoms with E-state index in [0.29, 0.717) is 12.6 Å². The fourth-order valence-electron chi connectivity index (χ4n) is 2.99. The second-order valence-electron chi connectivity index (χ2n) is 5.15. The second-order valence-corrected chi connectivity index (χ2v) is 6.12. The van der Waals surface area contributed by atoms with Crippen LogP contribution < -0.4 is 4.74 Å². The Labute approximate surface area is 122 Å². The van der Waals surface area contributed by atoms with Crippen LogP contribution in [0.2, 0.25) is 0 Å². The van der Waals surface area contributed by atoms with Gasteiger partial charge in [-0.2, -0.15) is 0 Å². The summed E-state index contributed by atoms with van der Waals surface area (Å²) in [4.78, 5) is 7.91. The largest absolute Gasteiger partial charge is 0.491 e. The van der Waals surface area contributed by atoms with Gasteiger partial charge in [0.15, 0.2) is 0 Å². The van der Waals surface area contributed by atoms with Crippen LogP contribution in [0.5, 0.6) is 5.75 Å². The zero-order valence-corrected chi connectivity index (χ0v) is 11.9. The molecule has 2 aromatic rings. The standard InChI is InChI=1S/C15H16N2O2S/c1-2-4-14-12(3-1)15-13(9-19-14)17(5-6-18-15)8-11-7-16-10-20-11/h1-4,7,10,13,15H,5-6,8-9H2. The number of para-hydroxylation sites is 1. The first-order valence-electron chi connectivity index (χ1n) is 6.86. The van der Waals surface area contributed by atoms with Gasteiger partial charge in [-0.3, -0.25) is 9.88 Å². The molecule has 3 heterocycles. The Kier molecular flexibility index (Phi) is 3.18. The number of hydrogen-bond donors (Lipinski definition) is 0. The van der Waals surface area contributed by atoms with Crippen molar-refractivity contribution < 1.29 is 9.47 Å². The van der Waals surface area contributed by atoms with Crippen molar-refractivity contribution >= 4 is 11.3 Å². The molecule has 1 fully saturated rings. The van der Waals surface area contributed by atoms with Crippen LogP contribution in [0.3, 0.4) is 0 Å². The molecular formula is C15H16N2O2S. The third kappa shape index (κ3) is 2.12. The maximum atomic E-state index is 6.02. The molecule has 2 unspecified atom stereocenters. The SMILES string of the molecule is c1ccc2c(c1)OCC1C2OCCN1Cc1cncs1. The average Bonchev–Trinajstić information content (AvgIpc) is 3.00. The van der Waals surface area contributed by atoms with Crippen molar-refractivity contribution in [2.24, 2.45) is 0 Å². The summed E-state index contributed by atoms with van der Waals surface area (Å²) in [6.45, 7) is 3.35. The van der Waals surface area contributed by atoms with Crippen LogP contribution in [-0.2, 0) is 11.3 Å². The zero-order chi connectivity index (χ0) is 13.4. The molecule has 104 valence electrons. The molecule has 20 heavy (non-hydrogen) atoms. The van der Waals surface area contributed by atoms with Crippen molar-refractivity contribution in [2.45, 2.75) is 18.7 Å². The summed E-state index contributed by atoms with van der Waals surface area (Å²) < 4.78 is 11.9. The summed E-state index contributed by atoms with van der Waals surface area (Å²) in [6.07, 6.45) is 2.08. The Morgan fingerprint density at radius 2 is 2.30 bits per heavy atom. The van der Waals surface area contributed by atoms with Crippen LogP contribution in [0.15, 0.2) is 36.0 Å². The molecule has 0 radical (unpaired) electrons. The predicted octanol–water partition coefficient (Wildman–Crippen LogP) is 2.48. The van der Waals surface area contributed by atoms with Crippen molar-refractivity contribution in [2.75, 3.05) is 19.8 Å². The fourth-order valence-corrected chi connectivity index (χ4v) is 3.61. The minimum absolute atomic E-state index is 0.127. The van der Waals surface area contributed by atoms with E-state index in [2.05, 4.69) is 22.0 Å². The highest BCUT2D eigenvalue weighted by Crippen LogP contribution is 2.38. The van der Waals surface area contributed by atoms with Gasteiger partial charge in [0.05, 0.1) is 18.2 Å². The van der Waals surface area contributed by atoms with Gasteiger partial charge in [-0.05, 0) is 6.07 Å². The Hall–Kier alpha value is -1.43. The molecule has 0 spiro atoms. The molecule has 0 N–H and O–H groups in total. The Balaban J connectivity index is 1.60. The number of morpholine rings is 1. The molecule has 4 rings (SSSR count). The maximum absolute atomic E-state index is 6.02. The lowest BCUT2D eigenvalue weighted by Crippen LogP contribution is -2.51. The van der Waals surface area contributed by atoms with Crippen molar-refractivity contribution in [3.63, 3.8) is 0 Å². The highest BCUT2D eigenvalue weighted by molar-refractivity contribution is 7.09. The third-order valence-electron chi connectivity index (χ3n) is 3.97. The highest BCUT2D eigenvalue weighted by atomic mass is 32.1. The van der Waals surface area contributed by atoms with Crippen molar-refractivity contribution in [3.05, 3.63) is 46.4 Å². The second kappa shape index (κ2) is 5.16. The summed E-state index contributed by atoms with van der Waals surface area (Å²) in [5.41, 5.74) is 3.07. The zero-order valence-electron chi connectivity index (χ0n) is 11.1. The predicted molar refractivity (Wildman–Crippen MR) is 76.9 cm³/mol. The van der Waals surface area contributed by atoms with E-state index in [1.807, 2.05) is 23.8 Å². The monoisotopic (exact) mass is 288 g/mol. The van der Waals surface area contributed by atoms with Crippen LogP contribution in [0.4, 0.5) is 0 Å². The number of rotatable bonds is 2. The summed E-state index contributed by atoms with van der Waals surface area (Å²) in [5, 5.41) is 0. The van der Waals surface area contributed by atoms with Crippen molar-refractivity contribution in [1.82, 2.24) is 9.88 Å². The van der Waals surface area contributed by atoms with Gasteiger partial charge in [0.25, 0.3) is 0 Å². The van der Waals surface area contributed by atoms with Gasteiger partial charge in [0, 0.05) is 29.7 Å². The van der Waals surface area contributed by atoms with Crippen LogP contribution in [0.25, 0.3) is 0 Å². The van der Waals surface area contributed by atoms with E-state index in [4.69, 9.17) is 9.47 Å². The number of hydrogen-bond acceptors (Lipinski definition) is 5. The maximum Gasteiger partial charge on any atom is 0.125 e. The van der Waals surface area contributed by atoms with Gasteiger partial charge in [0.2, 0.25) is 0 Å². The fraction of sp³-hybridized carbons (Fsp3) is 0.400. The molecule has 1 aromatic heterocycles. The van der Waals surface area contributed by atoms with E-state index in [9.17, 15) is 0 Å². The van der Waals surface area contributed by atoms with Gasteiger partial charge < -0.3 is 9.47 Å². The van der Waals surface area contributed by atoms with E-state index in [-0.39, 0.29) is 6.10 Å². The van der Waals surface area contributed by atoms with Crippen LogP contribution in [0, 0.1) is 0 Å². The van der Waals surface area contributed by atoms with Gasteiger partial charge in [-0.25, -0.2) is 0 Å². The lowest BCUT2D eigenvalue weighted by molar-refractivity contribution is -0.0986. The Morgan fingerprint density at radius 1 is 1.35 bits per heavy atom. The first-order valence-corrected chi connectivity index (χ1v) is 7.74. The minimum Gasteiger partial charge on any atom is -0.491 e. The summed E-state index contributed by atoms with van der Waals surface area (Å²) in [5.74, 6) is 0.966. The molecule has 0 amide bonds. The van der Waals surface area contributed by atoms with E-state index in [1.54, 1.807) is 11.3 Å². The Morgan fingerprint density at radius 3 is 3.20 bits per heavy atom. The summed E-state index contributed by atoms with van der Waals surface area (Å²) in [6, 6.07) is 8.49. The van der Waals surface area contributed by atoms with Crippen molar-refractivity contribution in [1.29, 1.82) is 0 Å². The van der Waals surface area contributed by atoms with Gasteiger partial charge in [0.1, 0.15) is 18.5 Å². The van der Waals surface area contributed by atoms with Gasteiger partial charge in [-0.15, -0.1) is 11.3 Å². The molecule has 2 aliphatic heterocycles. The Bertz CT molecular complexity index is 587. The molecule has 1 aromatic carbocycles. The summed E-state index contributed by atoms with van der Waals surface area (Å²) in [7, 11) is 0. The molecule has 0 aliphatic carbocycles. The van der Waals surface area contributed by atoms with Gasteiger partial charge in [-0.1, -0.05) is 18.2 Å².